The molecule has 0 radical (unpaired) electrons. The molecule has 1 amide bonds. The molecule has 1 aromatic rings. The van der Waals surface area contributed by atoms with Gasteiger partial charge in [0.05, 0.1) is 11.5 Å². The average molecular weight is 352 g/mol. The maximum Gasteiger partial charge on any atom is 0.254 e. The van der Waals surface area contributed by atoms with Crippen LogP contribution in [0.4, 0.5) is 0 Å². The van der Waals surface area contributed by atoms with Crippen molar-refractivity contribution in [2.45, 2.75) is 37.1 Å². The predicted octanol–water partition coefficient (Wildman–Crippen LogP) is 1.63. The largest absolute Gasteiger partial charge is 0.381 e. The van der Waals surface area contributed by atoms with Gasteiger partial charge >= 0.3 is 0 Å². The molecule has 7 heteroatoms. The minimum atomic E-state index is -3.49. The van der Waals surface area contributed by atoms with Gasteiger partial charge in [0.15, 0.2) is 0 Å². The molecule has 1 aliphatic carbocycles. The number of carbonyl (C=O) groups is 1. The molecule has 1 unspecified atom stereocenters. The van der Waals surface area contributed by atoms with E-state index in [2.05, 4.69) is 4.72 Å². The van der Waals surface area contributed by atoms with Crippen LogP contribution in [0.1, 0.15) is 36.5 Å². The molecule has 2 aliphatic rings. The molecular weight excluding hydrogens is 328 g/mol. The maximum atomic E-state index is 12.8. The zero-order valence-corrected chi connectivity index (χ0v) is 14.7. The molecule has 0 aromatic heterocycles. The quantitative estimate of drug-likeness (QED) is 0.809. The Morgan fingerprint density at radius 1 is 1.25 bits per heavy atom. The summed E-state index contributed by atoms with van der Waals surface area (Å²) in [4.78, 5) is 14.9. The number of benzene rings is 1. The summed E-state index contributed by atoms with van der Waals surface area (Å²) in [6.07, 6.45) is 3.09. The summed E-state index contributed by atoms with van der Waals surface area (Å²) in [6.45, 7) is 4.28. The van der Waals surface area contributed by atoms with E-state index >= 15 is 0 Å². The second-order valence-electron chi connectivity index (χ2n) is 6.44. The van der Waals surface area contributed by atoms with Crippen molar-refractivity contribution in [2.24, 2.45) is 5.92 Å². The number of amides is 1. The van der Waals surface area contributed by atoms with E-state index in [-0.39, 0.29) is 10.8 Å². The number of nitrogens with one attached hydrogen (secondary N) is 1. The van der Waals surface area contributed by atoms with Crippen molar-refractivity contribution >= 4 is 15.9 Å². The Labute approximate surface area is 143 Å². The highest BCUT2D eigenvalue weighted by Crippen LogP contribution is 2.30. The summed E-state index contributed by atoms with van der Waals surface area (Å²) in [5.41, 5.74) is 0.538. The Hall–Kier alpha value is -1.44. The van der Waals surface area contributed by atoms with E-state index in [1.54, 1.807) is 19.1 Å². The van der Waals surface area contributed by atoms with Crippen LogP contribution in [0, 0.1) is 5.92 Å². The van der Waals surface area contributed by atoms with Gasteiger partial charge in [-0.05, 0) is 43.5 Å². The molecular formula is C17H24N2O4S. The van der Waals surface area contributed by atoms with Gasteiger partial charge in [-0.1, -0.05) is 6.92 Å². The lowest BCUT2D eigenvalue weighted by Crippen LogP contribution is -2.37. The van der Waals surface area contributed by atoms with Crippen LogP contribution in [-0.4, -0.2) is 51.6 Å². The van der Waals surface area contributed by atoms with Crippen molar-refractivity contribution in [2.75, 3.05) is 26.3 Å². The van der Waals surface area contributed by atoms with Gasteiger partial charge in [-0.15, -0.1) is 0 Å². The first kappa shape index (κ1) is 17.4. The van der Waals surface area contributed by atoms with Crippen molar-refractivity contribution in [3.8, 4) is 0 Å². The highest BCUT2D eigenvalue weighted by molar-refractivity contribution is 7.89. The fourth-order valence-corrected chi connectivity index (χ4v) is 4.05. The fourth-order valence-electron chi connectivity index (χ4n) is 3.01. The second kappa shape index (κ2) is 7.21. The first-order valence-electron chi connectivity index (χ1n) is 8.49. The van der Waals surface area contributed by atoms with Gasteiger partial charge in [0.25, 0.3) is 5.91 Å². The molecule has 0 spiro atoms. The second-order valence-corrected chi connectivity index (χ2v) is 8.21. The third-order valence-corrected chi connectivity index (χ3v) is 6.03. The summed E-state index contributed by atoms with van der Waals surface area (Å²) in [6, 6.07) is 6.52. The number of nitrogens with zero attached hydrogens (tertiary/aromatic N) is 1. The van der Waals surface area contributed by atoms with Gasteiger partial charge in [0.2, 0.25) is 10.0 Å². The summed E-state index contributed by atoms with van der Waals surface area (Å²) in [5.74, 6) is 0.389. The summed E-state index contributed by atoms with van der Waals surface area (Å²) < 4.78 is 31.8. The summed E-state index contributed by atoms with van der Waals surface area (Å²) in [7, 11) is -3.49. The summed E-state index contributed by atoms with van der Waals surface area (Å²) in [5, 5.41) is 0. The minimum absolute atomic E-state index is 0.0169. The van der Waals surface area contributed by atoms with Gasteiger partial charge in [-0.2, -0.15) is 0 Å². The lowest BCUT2D eigenvalue weighted by molar-refractivity contribution is 0.0706. The molecule has 24 heavy (non-hydrogen) atoms. The standard InChI is InChI=1S/C17H24N2O4S/c1-2-18-24(21,22)16-7-3-14(4-8-16)17(20)19(15-5-6-15)11-13-9-10-23-12-13/h3-4,7-8,13,15,18H,2,5-6,9-12H2,1H3. The molecule has 1 aromatic carbocycles. The molecule has 1 atom stereocenters. The number of rotatable bonds is 7. The number of hydrogen-bond donors (Lipinski definition) is 1. The molecule has 1 saturated heterocycles. The van der Waals surface area contributed by atoms with E-state index in [0.717, 1.165) is 39.0 Å². The molecule has 1 heterocycles. The molecule has 3 rings (SSSR count). The maximum absolute atomic E-state index is 12.8. The Kier molecular flexibility index (Phi) is 5.22. The van der Waals surface area contributed by atoms with Crippen LogP contribution in [0.25, 0.3) is 0 Å². The van der Waals surface area contributed by atoms with Crippen LogP contribution in [0.15, 0.2) is 29.2 Å². The van der Waals surface area contributed by atoms with Gasteiger partial charge < -0.3 is 9.64 Å². The number of ether oxygens (including phenoxy) is 1. The van der Waals surface area contributed by atoms with Crippen LogP contribution in [0.2, 0.25) is 0 Å². The number of hydrogen-bond acceptors (Lipinski definition) is 4. The lowest BCUT2D eigenvalue weighted by Gasteiger charge is -2.25. The van der Waals surface area contributed by atoms with Gasteiger partial charge in [-0.25, -0.2) is 13.1 Å². The van der Waals surface area contributed by atoms with Crippen LogP contribution < -0.4 is 4.72 Å². The average Bonchev–Trinajstić information content (AvgIpc) is 3.28. The van der Waals surface area contributed by atoms with Crippen LogP contribution in [0.3, 0.4) is 0 Å². The third-order valence-electron chi connectivity index (χ3n) is 4.47. The van der Waals surface area contributed by atoms with Gasteiger partial charge in [0.1, 0.15) is 0 Å². The zero-order valence-electron chi connectivity index (χ0n) is 13.9. The molecule has 6 nitrogen and oxygen atoms in total. The molecule has 2 fully saturated rings. The van der Waals surface area contributed by atoms with Crippen molar-refractivity contribution in [1.82, 2.24) is 9.62 Å². The van der Waals surface area contributed by atoms with Crippen LogP contribution in [0.5, 0.6) is 0 Å². The van der Waals surface area contributed by atoms with Crippen molar-refractivity contribution in [3.05, 3.63) is 29.8 Å². The van der Waals surface area contributed by atoms with E-state index in [9.17, 15) is 13.2 Å². The molecule has 132 valence electrons. The van der Waals surface area contributed by atoms with Crippen LogP contribution >= 0.6 is 0 Å². The lowest BCUT2D eigenvalue weighted by atomic mass is 10.1. The topological polar surface area (TPSA) is 75.7 Å². The Morgan fingerprint density at radius 3 is 2.50 bits per heavy atom. The smallest absolute Gasteiger partial charge is 0.254 e. The van der Waals surface area contributed by atoms with Crippen molar-refractivity contribution in [1.29, 1.82) is 0 Å². The highest BCUT2D eigenvalue weighted by atomic mass is 32.2. The SMILES string of the molecule is CCNS(=O)(=O)c1ccc(C(=O)N(CC2CCOC2)C2CC2)cc1. The molecule has 1 N–H and O–H groups in total. The van der Waals surface area contributed by atoms with Gasteiger partial charge in [-0.3, -0.25) is 4.79 Å². The molecule has 1 aliphatic heterocycles. The molecule has 1 saturated carbocycles. The Bertz CT molecular complexity index is 677. The van der Waals surface area contributed by atoms with Gasteiger partial charge in [0, 0.05) is 37.2 Å². The highest BCUT2D eigenvalue weighted by Gasteiger charge is 2.35. The number of sulfonamides is 1. The normalized spacial score (nSPS) is 21.0. The minimum Gasteiger partial charge on any atom is -0.381 e. The van der Waals surface area contributed by atoms with Crippen molar-refractivity contribution < 1.29 is 17.9 Å². The Balaban J connectivity index is 1.73. The fraction of sp³-hybridized carbons (Fsp3) is 0.588. The van der Waals surface area contributed by atoms with E-state index in [1.165, 1.54) is 12.1 Å². The van der Waals surface area contributed by atoms with E-state index in [0.29, 0.717) is 24.1 Å². The van der Waals surface area contributed by atoms with E-state index < -0.39 is 10.0 Å². The monoisotopic (exact) mass is 352 g/mol. The molecule has 0 bridgehead atoms. The van der Waals surface area contributed by atoms with E-state index in [1.807, 2.05) is 4.90 Å². The first-order valence-corrected chi connectivity index (χ1v) is 9.98. The predicted molar refractivity (Wildman–Crippen MR) is 90.3 cm³/mol. The number of carbonyl (C=O) groups excluding carboxylic acids is 1. The summed E-state index contributed by atoms with van der Waals surface area (Å²) >= 11 is 0. The van der Waals surface area contributed by atoms with E-state index in [4.69, 9.17) is 4.74 Å². The Morgan fingerprint density at radius 2 is 1.96 bits per heavy atom. The zero-order chi connectivity index (χ0) is 17.2. The van der Waals surface area contributed by atoms with Crippen molar-refractivity contribution in [3.63, 3.8) is 0 Å². The first-order chi connectivity index (χ1) is 11.5. The van der Waals surface area contributed by atoms with Crippen LogP contribution in [-0.2, 0) is 14.8 Å². The third kappa shape index (κ3) is 3.96.